The van der Waals surface area contributed by atoms with Gasteiger partial charge in [0.05, 0.1) is 18.2 Å². The van der Waals surface area contributed by atoms with E-state index in [9.17, 15) is 30.4 Å². The number of rotatable bonds is 5. The fraction of sp³-hybridized carbons (Fsp3) is 0.933. The summed E-state index contributed by atoms with van der Waals surface area (Å²) in [6.07, 6.45) is -10.3. The van der Waals surface area contributed by atoms with Crippen LogP contribution in [0.25, 0.3) is 0 Å². The van der Waals surface area contributed by atoms with E-state index in [1.165, 1.54) is 13.8 Å². The number of nitrogens with zero attached hydrogens (tertiary/aromatic N) is 1. The molecule has 0 radical (unpaired) electrons. The number of nitrogens with two attached hydrogens (primary N) is 1. The SMILES string of the molecule is C[C@@H]1C(O)[C@H](O)C([C@@H](C)O)O[C@@H]1O[C@@H]1C(N=O)CC(NC(=N)N)[C@@H](O)C1O. The van der Waals surface area contributed by atoms with Gasteiger partial charge in [-0.15, -0.1) is 0 Å². The monoisotopic (exact) mass is 392 g/mol. The zero-order valence-electron chi connectivity index (χ0n) is 15.0. The molecule has 9 N–H and O–H groups in total. The summed E-state index contributed by atoms with van der Waals surface area (Å²) in [7, 11) is 0. The maximum absolute atomic E-state index is 11.3. The van der Waals surface area contributed by atoms with Crippen LogP contribution >= 0.6 is 0 Å². The smallest absolute Gasteiger partial charge is 0.186 e. The van der Waals surface area contributed by atoms with Crippen molar-refractivity contribution in [2.45, 2.75) is 81.4 Å². The fourth-order valence-electron chi connectivity index (χ4n) is 3.55. The summed E-state index contributed by atoms with van der Waals surface area (Å²) in [6, 6.07) is -1.97. The van der Waals surface area contributed by atoms with Gasteiger partial charge in [-0.3, -0.25) is 5.41 Å². The van der Waals surface area contributed by atoms with Crippen molar-refractivity contribution in [1.29, 1.82) is 5.41 Å². The van der Waals surface area contributed by atoms with E-state index < -0.39 is 73.0 Å². The first-order valence-electron chi connectivity index (χ1n) is 8.72. The Morgan fingerprint density at radius 3 is 2.41 bits per heavy atom. The first kappa shape index (κ1) is 21.9. The molecule has 12 nitrogen and oxygen atoms in total. The highest BCUT2D eigenvalue weighted by Crippen LogP contribution is 2.33. The molecule has 0 spiro atoms. The number of guanidine groups is 1. The van der Waals surface area contributed by atoms with E-state index >= 15 is 0 Å². The summed E-state index contributed by atoms with van der Waals surface area (Å²) in [5.41, 5.74) is 5.24. The molecule has 0 amide bonds. The lowest BCUT2D eigenvalue weighted by atomic mass is 9.83. The van der Waals surface area contributed by atoms with E-state index in [1.807, 2.05) is 0 Å². The molecule has 1 saturated heterocycles. The first-order chi connectivity index (χ1) is 12.6. The van der Waals surface area contributed by atoms with E-state index in [4.69, 9.17) is 20.6 Å². The van der Waals surface area contributed by atoms with Crippen LogP contribution in [0, 0.1) is 16.2 Å². The van der Waals surface area contributed by atoms with Crippen LogP contribution in [0.4, 0.5) is 0 Å². The van der Waals surface area contributed by atoms with E-state index in [-0.39, 0.29) is 6.42 Å². The van der Waals surface area contributed by atoms with Crippen LogP contribution in [0.1, 0.15) is 20.3 Å². The van der Waals surface area contributed by atoms with Crippen molar-refractivity contribution in [2.75, 3.05) is 0 Å². The van der Waals surface area contributed by atoms with Crippen molar-refractivity contribution in [3.05, 3.63) is 4.91 Å². The van der Waals surface area contributed by atoms with Gasteiger partial charge in [0.1, 0.15) is 36.6 Å². The molecular weight excluding hydrogens is 364 g/mol. The molecule has 156 valence electrons. The van der Waals surface area contributed by atoms with E-state index in [0.29, 0.717) is 0 Å². The summed E-state index contributed by atoms with van der Waals surface area (Å²) in [5.74, 6) is -1.18. The predicted octanol–water partition coefficient (Wildman–Crippen LogP) is -3.05. The molecule has 1 aliphatic heterocycles. The molecule has 0 aromatic rings. The fourth-order valence-corrected chi connectivity index (χ4v) is 3.55. The third-order valence-corrected chi connectivity index (χ3v) is 5.16. The highest BCUT2D eigenvalue weighted by atomic mass is 16.7. The minimum atomic E-state index is -1.55. The normalized spacial score (nSPS) is 46.5. The van der Waals surface area contributed by atoms with E-state index in [2.05, 4.69) is 10.5 Å². The van der Waals surface area contributed by atoms with Gasteiger partial charge in [0.25, 0.3) is 0 Å². The number of ether oxygens (including phenoxy) is 2. The third kappa shape index (κ3) is 4.54. The first-order valence-corrected chi connectivity index (χ1v) is 8.72. The Hall–Kier alpha value is -1.41. The lowest BCUT2D eigenvalue weighted by molar-refractivity contribution is -0.315. The zero-order valence-corrected chi connectivity index (χ0v) is 15.0. The molecule has 2 fully saturated rings. The second-order valence-corrected chi connectivity index (χ2v) is 7.20. The molecule has 12 heteroatoms. The van der Waals surface area contributed by atoms with Gasteiger partial charge in [-0.1, -0.05) is 12.1 Å². The Labute approximate surface area is 155 Å². The average Bonchev–Trinajstić information content (AvgIpc) is 2.60. The van der Waals surface area contributed by atoms with Crippen LogP contribution in [0.5, 0.6) is 0 Å². The topological polar surface area (TPSA) is 211 Å². The van der Waals surface area contributed by atoms with E-state index in [0.717, 1.165) is 0 Å². The van der Waals surface area contributed by atoms with Crippen LogP contribution < -0.4 is 11.1 Å². The Morgan fingerprint density at radius 2 is 1.89 bits per heavy atom. The summed E-state index contributed by atoms with van der Waals surface area (Å²) in [6.45, 7) is 2.91. The summed E-state index contributed by atoms with van der Waals surface area (Å²) in [4.78, 5) is 11.3. The molecule has 1 saturated carbocycles. The minimum Gasteiger partial charge on any atom is -0.391 e. The summed E-state index contributed by atoms with van der Waals surface area (Å²) in [5, 5.41) is 63.2. The van der Waals surface area contributed by atoms with Gasteiger partial charge in [-0.25, -0.2) is 0 Å². The number of aliphatic hydroxyl groups is 5. The Balaban J connectivity index is 2.16. The average molecular weight is 392 g/mol. The van der Waals surface area contributed by atoms with Crippen LogP contribution in [0.15, 0.2) is 5.18 Å². The Morgan fingerprint density at radius 1 is 1.26 bits per heavy atom. The van der Waals surface area contributed by atoms with Crippen LogP contribution in [0.2, 0.25) is 0 Å². The standard InChI is InChI=1S/C15H28N4O8/c1-4-8(21)10(23)12(5(2)20)26-14(4)27-13-7(19-25)3-6(18-15(16)17)9(22)11(13)24/h4-14,20-24H,3H2,1-2H3,(H4,16,17,18)/t4-,5-,6?,7?,8?,9-,10+,11?,12?,13-,14-/m1/s1. The van der Waals surface area contributed by atoms with Crippen LogP contribution in [0.3, 0.4) is 0 Å². The third-order valence-electron chi connectivity index (χ3n) is 5.16. The van der Waals surface area contributed by atoms with Gasteiger partial charge in [0.15, 0.2) is 12.2 Å². The molecule has 2 aliphatic rings. The lowest BCUT2D eigenvalue weighted by Gasteiger charge is -2.46. The van der Waals surface area contributed by atoms with Gasteiger partial charge in [0, 0.05) is 5.92 Å². The maximum atomic E-state index is 11.3. The number of nitroso groups, excluding NO2 is 1. The number of nitrogens with one attached hydrogen (secondary N) is 2. The van der Waals surface area contributed by atoms with Crippen molar-refractivity contribution in [3.63, 3.8) is 0 Å². The number of hydrogen-bond acceptors (Lipinski definition) is 10. The van der Waals surface area contributed by atoms with Crippen LogP contribution in [-0.4, -0.2) is 92.6 Å². The summed E-state index contributed by atoms with van der Waals surface area (Å²) >= 11 is 0. The van der Waals surface area contributed by atoms with Crippen LogP contribution in [-0.2, 0) is 9.47 Å². The summed E-state index contributed by atoms with van der Waals surface area (Å²) < 4.78 is 11.2. The van der Waals surface area contributed by atoms with Gasteiger partial charge in [-0.05, 0) is 13.3 Å². The Kier molecular flexibility index (Phi) is 7.08. The second kappa shape index (κ2) is 8.73. The maximum Gasteiger partial charge on any atom is 0.186 e. The van der Waals surface area contributed by atoms with Crippen molar-refractivity contribution >= 4 is 5.96 Å². The molecular formula is C15H28N4O8. The van der Waals surface area contributed by atoms with Gasteiger partial charge < -0.3 is 46.1 Å². The zero-order chi connectivity index (χ0) is 20.5. The highest BCUT2D eigenvalue weighted by Gasteiger charge is 2.50. The number of hydrogen-bond donors (Lipinski definition) is 8. The van der Waals surface area contributed by atoms with Crippen molar-refractivity contribution in [1.82, 2.24) is 5.32 Å². The van der Waals surface area contributed by atoms with Gasteiger partial charge >= 0.3 is 0 Å². The number of aliphatic hydroxyl groups excluding tert-OH is 5. The molecule has 5 unspecified atom stereocenters. The molecule has 1 aliphatic carbocycles. The highest BCUT2D eigenvalue weighted by molar-refractivity contribution is 5.74. The van der Waals surface area contributed by atoms with Crippen molar-refractivity contribution in [3.8, 4) is 0 Å². The quantitative estimate of drug-likeness (QED) is 0.134. The molecule has 0 aromatic carbocycles. The molecule has 1 heterocycles. The largest absolute Gasteiger partial charge is 0.391 e. The van der Waals surface area contributed by atoms with Crippen molar-refractivity contribution in [2.24, 2.45) is 16.8 Å². The van der Waals surface area contributed by atoms with Gasteiger partial charge in [0.2, 0.25) is 0 Å². The Bertz CT molecular complexity index is 538. The van der Waals surface area contributed by atoms with Gasteiger partial charge in [-0.2, -0.15) is 4.91 Å². The second-order valence-electron chi connectivity index (χ2n) is 7.20. The van der Waals surface area contributed by atoms with E-state index in [1.54, 1.807) is 0 Å². The molecule has 0 bridgehead atoms. The van der Waals surface area contributed by atoms with Crippen molar-refractivity contribution < 1.29 is 35.0 Å². The minimum absolute atomic E-state index is 0.0575. The predicted molar refractivity (Wildman–Crippen MR) is 91.4 cm³/mol. The lowest BCUT2D eigenvalue weighted by Crippen LogP contribution is -2.64. The molecule has 2 rings (SSSR count). The molecule has 11 atom stereocenters. The molecule has 27 heavy (non-hydrogen) atoms. The molecule has 0 aromatic heterocycles.